The topological polar surface area (TPSA) is 54.7 Å². The number of anilines is 1. The van der Waals surface area contributed by atoms with Crippen molar-refractivity contribution in [1.82, 2.24) is 10.2 Å². The minimum absolute atomic E-state index is 0.325. The summed E-state index contributed by atoms with van der Waals surface area (Å²) in [7, 11) is 0. The van der Waals surface area contributed by atoms with E-state index in [-0.39, 0.29) is 5.82 Å². The summed E-state index contributed by atoms with van der Waals surface area (Å²) in [6.45, 7) is 1.83. The Bertz CT molecular complexity index is 488. The number of nitrogens with zero attached hydrogens (tertiary/aromatic N) is 1. The van der Waals surface area contributed by atoms with Crippen molar-refractivity contribution in [3.05, 3.63) is 34.7 Å². The molecule has 3 N–H and O–H groups in total. The van der Waals surface area contributed by atoms with Crippen molar-refractivity contribution in [2.75, 3.05) is 5.73 Å². The molecule has 0 bridgehead atoms. The molecule has 0 radical (unpaired) electrons. The molecule has 1 aromatic carbocycles. The Morgan fingerprint density at radius 2 is 2.20 bits per heavy atom. The summed E-state index contributed by atoms with van der Waals surface area (Å²) in [6.07, 6.45) is 0. The van der Waals surface area contributed by atoms with Gasteiger partial charge < -0.3 is 5.73 Å². The van der Waals surface area contributed by atoms with Crippen molar-refractivity contribution in [2.24, 2.45) is 0 Å². The predicted molar refractivity (Wildman–Crippen MR) is 58.1 cm³/mol. The van der Waals surface area contributed by atoms with Crippen molar-refractivity contribution in [1.29, 1.82) is 0 Å². The molecule has 1 aromatic heterocycles. The Labute approximate surface area is 91.1 Å². The van der Waals surface area contributed by atoms with Gasteiger partial charge in [-0.15, -0.1) is 0 Å². The number of nitrogen functional groups attached to an aromatic ring is 1. The third-order valence-electron chi connectivity index (χ3n) is 2.18. The minimum Gasteiger partial charge on any atom is -0.382 e. The quantitative estimate of drug-likeness (QED) is 0.784. The second kappa shape index (κ2) is 3.55. The molecule has 2 aromatic rings. The largest absolute Gasteiger partial charge is 0.382 e. The number of H-pyrrole nitrogens is 1. The zero-order valence-electron chi connectivity index (χ0n) is 8.01. The highest BCUT2D eigenvalue weighted by atomic mass is 35.5. The van der Waals surface area contributed by atoms with Gasteiger partial charge in [0, 0.05) is 16.8 Å². The SMILES string of the molecule is Cc1[nH]nc(N)c1-c1ccc(F)cc1Cl. The van der Waals surface area contributed by atoms with Gasteiger partial charge in [-0.25, -0.2) is 4.39 Å². The first kappa shape index (κ1) is 9.98. The number of rotatable bonds is 1. The van der Waals surface area contributed by atoms with Gasteiger partial charge in [0.2, 0.25) is 0 Å². The normalized spacial score (nSPS) is 10.6. The van der Waals surface area contributed by atoms with Gasteiger partial charge in [-0.2, -0.15) is 5.10 Å². The highest BCUT2D eigenvalue weighted by molar-refractivity contribution is 6.33. The summed E-state index contributed by atoms with van der Waals surface area (Å²) in [5.74, 6) is -0.00974. The Morgan fingerprint density at radius 3 is 2.73 bits per heavy atom. The fourth-order valence-corrected chi connectivity index (χ4v) is 1.74. The highest BCUT2D eigenvalue weighted by Gasteiger charge is 2.13. The lowest BCUT2D eigenvalue weighted by Gasteiger charge is -2.03. The Hall–Kier alpha value is -1.55. The monoisotopic (exact) mass is 225 g/mol. The average molecular weight is 226 g/mol. The molecule has 3 nitrogen and oxygen atoms in total. The van der Waals surface area contributed by atoms with Crippen LogP contribution in [0.5, 0.6) is 0 Å². The molecule has 15 heavy (non-hydrogen) atoms. The van der Waals surface area contributed by atoms with Gasteiger partial charge in [-0.3, -0.25) is 5.10 Å². The molecule has 1 heterocycles. The van der Waals surface area contributed by atoms with Gasteiger partial charge in [0.1, 0.15) is 5.82 Å². The average Bonchev–Trinajstić information content (AvgIpc) is 2.48. The maximum absolute atomic E-state index is 12.9. The van der Waals surface area contributed by atoms with Crippen LogP contribution < -0.4 is 5.73 Å². The zero-order chi connectivity index (χ0) is 11.0. The second-order valence-electron chi connectivity index (χ2n) is 3.23. The number of nitrogens with one attached hydrogen (secondary N) is 1. The van der Waals surface area contributed by atoms with Gasteiger partial charge in [0.15, 0.2) is 5.82 Å². The van der Waals surface area contributed by atoms with Gasteiger partial charge in [-0.05, 0) is 25.1 Å². The van der Waals surface area contributed by atoms with E-state index in [0.717, 1.165) is 11.3 Å². The van der Waals surface area contributed by atoms with Crippen LogP contribution in [0.3, 0.4) is 0 Å². The molecule has 0 spiro atoms. The van der Waals surface area contributed by atoms with E-state index in [1.165, 1.54) is 12.1 Å². The molecule has 5 heteroatoms. The van der Waals surface area contributed by atoms with E-state index in [1.807, 2.05) is 6.92 Å². The standard InChI is InChI=1S/C10H9ClFN3/c1-5-9(10(13)15-14-5)7-3-2-6(12)4-8(7)11/h2-4H,1H3,(H3,13,14,15). The molecular weight excluding hydrogens is 217 g/mol. The number of nitrogens with two attached hydrogens (primary N) is 1. The van der Waals surface area contributed by atoms with E-state index < -0.39 is 0 Å². The molecule has 0 unspecified atom stereocenters. The van der Waals surface area contributed by atoms with Crippen molar-refractivity contribution in [3.63, 3.8) is 0 Å². The zero-order valence-corrected chi connectivity index (χ0v) is 8.77. The summed E-state index contributed by atoms with van der Waals surface area (Å²) >= 11 is 5.93. The summed E-state index contributed by atoms with van der Waals surface area (Å²) in [4.78, 5) is 0. The predicted octanol–water partition coefficient (Wildman–Crippen LogP) is 2.76. The number of aromatic amines is 1. The fourth-order valence-electron chi connectivity index (χ4n) is 1.48. The third-order valence-corrected chi connectivity index (χ3v) is 2.49. The van der Waals surface area contributed by atoms with E-state index in [9.17, 15) is 4.39 Å². The van der Waals surface area contributed by atoms with Crippen LogP contribution in [0.2, 0.25) is 5.02 Å². The third kappa shape index (κ3) is 1.68. The van der Waals surface area contributed by atoms with Crippen molar-refractivity contribution in [3.8, 4) is 11.1 Å². The van der Waals surface area contributed by atoms with Crippen molar-refractivity contribution >= 4 is 17.4 Å². The molecule has 0 aliphatic carbocycles. The lowest BCUT2D eigenvalue weighted by Crippen LogP contribution is -1.89. The Balaban J connectivity index is 2.64. The molecule has 0 aliphatic rings. The van der Waals surface area contributed by atoms with Crippen molar-refractivity contribution < 1.29 is 4.39 Å². The Kier molecular flexibility index (Phi) is 2.36. The highest BCUT2D eigenvalue weighted by Crippen LogP contribution is 2.33. The number of hydrogen-bond acceptors (Lipinski definition) is 2. The number of hydrogen-bond donors (Lipinski definition) is 2. The first-order valence-electron chi connectivity index (χ1n) is 4.35. The van der Waals surface area contributed by atoms with E-state index in [2.05, 4.69) is 10.2 Å². The maximum atomic E-state index is 12.9. The van der Waals surface area contributed by atoms with Gasteiger partial charge in [0.05, 0.1) is 5.02 Å². The van der Waals surface area contributed by atoms with Crippen LogP contribution in [0.1, 0.15) is 5.69 Å². The van der Waals surface area contributed by atoms with Crippen LogP contribution in [0.4, 0.5) is 10.2 Å². The summed E-state index contributed by atoms with van der Waals surface area (Å²) < 4.78 is 12.9. The number of halogens is 2. The van der Waals surface area contributed by atoms with E-state index >= 15 is 0 Å². The number of aryl methyl sites for hydroxylation is 1. The van der Waals surface area contributed by atoms with E-state index in [0.29, 0.717) is 16.4 Å². The van der Waals surface area contributed by atoms with Gasteiger partial charge in [0.25, 0.3) is 0 Å². The van der Waals surface area contributed by atoms with Crippen molar-refractivity contribution in [2.45, 2.75) is 6.92 Å². The molecule has 0 saturated heterocycles. The number of benzene rings is 1. The molecule has 78 valence electrons. The van der Waals surface area contributed by atoms with Crippen LogP contribution in [-0.4, -0.2) is 10.2 Å². The molecular formula is C10H9ClFN3. The smallest absolute Gasteiger partial charge is 0.153 e. The Morgan fingerprint density at radius 1 is 1.47 bits per heavy atom. The molecule has 2 rings (SSSR count). The van der Waals surface area contributed by atoms with Crippen LogP contribution in [0.25, 0.3) is 11.1 Å². The first-order chi connectivity index (χ1) is 7.09. The number of aromatic nitrogens is 2. The van der Waals surface area contributed by atoms with E-state index in [4.69, 9.17) is 17.3 Å². The van der Waals surface area contributed by atoms with Crippen LogP contribution in [0.15, 0.2) is 18.2 Å². The fraction of sp³-hybridized carbons (Fsp3) is 0.100. The summed E-state index contributed by atoms with van der Waals surface area (Å²) in [5.41, 5.74) is 7.90. The van der Waals surface area contributed by atoms with Crippen LogP contribution in [-0.2, 0) is 0 Å². The second-order valence-corrected chi connectivity index (χ2v) is 3.64. The minimum atomic E-state index is -0.372. The molecule has 0 saturated carbocycles. The summed E-state index contributed by atoms with van der Waals surface area (Å²) in [6, 6.07) is 4.18. The first-order valence-corrected chi connectivity index (χ1v) is 4.73. The molecule has 0 amide bonds. The molecule has 0 atom stereocenters. The molecule has 0 fully saturated rings. The van der Waals surface area contributed by atoms with Gasteiger partial charge in [-0.1, -0.05) is 11.6 Å². The summed E-state index contributed by atoms with van der Waals surface area (Å²) in [5, 5.41) is 6.93. The molecule has 0 aliphatic heterocycles. The van der Waals surface area contributed by atoms with E-state index in [1.54, 1.807) is 6.07 Å². The van der Waals surface area contributed by atoms with Crippen LogP contribution >= 0.6 is 11.6 Å². The lowest BCUT2D eigenvalue weighted by molar-refractivity contribution is 0.628. The maximum Gasteiger partial charge on any atom is 0.153 e. The van der Waals surface area contributed by atoms with Crippen LogP contribution in [0, 0.1) is 12.7 Å². The van der Waals surface area contributed by atoms with Gasteiger partial charge >= 0.3 is 0 Å². The lowest BCUT2D eigenvalue weighted by atomic mass is 10.1.